The van der Waals surface area contributed by atoms with E-state index in [4.69, 9.17) is 20.4 Å². The molecule has 0 spiro atoms. The molecule has 0 fully saturated rings. The topological polar surface area (TPSA) is 83.6 Å². The summed E-state index contributed by atoms with van der Waals surface area (Å²) >= 11 is 0. The van der Waals surface area contributed by atoms with Crippen LogP contribution in [0.3, 0.4) is 0 Å². The fourth-order valence-electron chi connectivity index (χ4n) is 0. The molecule has 0 aromatic rings. The van der Waals surface area contributed by atoms with Crippen LogP contribution in [0, 0.1) is 10.8 Å². The van der Waals surface area contributed by atoms with Crippen molar-refractivity contribution >= 4 is 0 Å². The molecule has 0 heterocycles. The Hall–Kier alpha value is -0.160. The van der Waals surface area contributed by atoms with Gasteiger partial charge in [0.25, 0.3) is 0 Å². The molecule has 0 aromatic carbocycles. The largest absolute Gasteiger partial charge is 0.528 e. The molecule has 5 N–H and O–H groups in total. The maximum atomic E-state index is 7.30. The van der Waals surface area contributed by atoms with Crippen LogP contribution in [-0.4, -0.2) is 26.6 Å². The third-order valence-electron chi connectivity index (χ3n) is 0. The van der Waals surface area contributed by atoms with Gasteiger partial charge in [0.1, 0.15) is 0 Å². The SMILES string of the molecule is C.CC(C)(C)C.CC(C)(C)C.OC(O)(O)[OH2+]. The Morgan fingerprint density at radius 2 is 0.625 bits per heavy atom. The molecule has 4 heteroatoms. The van der Waals surface area contributed by atoms with Gasteiger partial charge in [-0.05, 0) is 10.8 Å². The Morgan fingerprint density at radius 1 is 0.625 bits per heavy atom. The number of hydrogen-bond acceptors (Lipinski definition) is 3. The molecule has 0 aliphatic heterocycles. The van der Waals surface area contributed by atoms with Crippen molar-refractivity contribution in [2.75, 3.05) is 0 Å². The first-order valence-electron chi connectivity index (χ1n) is 4.92. The van der Waals surface area contributed by atoms with Crippen LogP contribution >= 0.6 is 0 Å². The van der Waals surface area contributed by atoms with Crippen LogP contribution in [0.1, 0.15) is 62.8 Å². The van der Waals surface area contributed by atoms with Crippen LogP contribution in [-0.2, 0) is 0 Å². The quantitative estimate of drug-likeness (QED) is 0.448. The molecule has 0 aliphatic carbocycles. The maximum Gasteiger partial charge on any atom is 0.528 e. The van der Waals surface area contributed by atoms with Gasteiger partial charge >= 0.3 is 6.16 Å². The first-order chi connectivity index (χ1) is 6.00. The molecule has 104 valence electrons. The first-order valence-corrected chi connectivity index (χ1v) is 4.92. The monoisotopic (exact) mass is 241 g/mol. The summed E-state index contributed by atoms with van der Waals surface area (Å²) < 4.78 is 0. The van der Waals surface area contributed by atoms with Gasteiger partial charge in [-0.1, -0.05) is 62.8 Å². The molecule has 0 radical (unpaired) electrons. The number of hydrogen-bond donors (Lipinski definition) is 3. The highest BCUT2D eigenvalue weighted by Gasteiger charge is 2.16. The van der Waals surface area contributed by atoms with Crippen molar-refractivity contribution in [3.8, 4) is 0 Å². The van der Waals surface area contributed by atoms with Gasteiger partial charge in [0, 0.05) is 0 Å². The second-order valence-electron chi connectivity index (χ2n) is 6.64. The Kier molecular flexibility index (Phi) is 13.9. The summed E-state index contributed by atoms with van der Waals surface area (Å²) in [5.74, 6) is 0. The summed E-state index contributed by atoms with van der Waals surface area (Å²) in [4.78, 5) is 0. The molecule has 0 amide bonds. The second-order valence-corrected chi connectivity index (χ2v) is 6.64. The third kappa shape index (κ3) is 89100. The first kappa shape index (κ1) is 24.9. The molecule has 0 atom stereocenters. The molecule has 0 aliphatic rings. The van der Waals surface area contributed by atoms with E-state index in [9.17, 15) is 0 Å². The van der Waals surface area contributed by atoms with Gasteiger partial charge < -0.3 is 5.11 Å². The summed E-state index contributed by atoms with van der Waals surface area (Å²) in [6.45, 7) is 17.5. The minimum atomic E-state index is -3.25. The molecule has 0 unspecified atom stereocenters. The zero-order valence-electron chi connectivity index (χ0n) is 11.3. The average Bonchev–Trinajstić information content (AvgIpc) is 1.41. The lowest BCUT2D eigenvalue weighted by molar-refractivity contribution is -0.436. The zero-order chi connectivity index (χ0) is 13.5. The second kappa shape index (κ2) is 8.93. The third-order valence-corrected chi connectivity index (χ3v) is 0. The van der Waals surface area contributed by atoms with Crippen LogP contribution < -0.4 is 0 Å². The van der Waals surface area contributed by atoms with E-state index in [-0.39, 0.29) is 7.43 Å². The van der Waals surface area contributed by atoms with E-state index < -0.39 is 6.16 Å². The smallest absolute Gasteiger partial charge is 0.369 e. The average molecular weight is 241 g/mol. The number of aliphatic hydroxyl groups is 3. The molecule has 16 heavy (non-hydrogen) atoms. The van der Waals surface area contributed by atoms with Crippen molar-refractivity contribution in [1.29, 1.82) is 0 Å². The fourth-order valence-corrected chi connectivity index (χ4v) is 0. The molecule has 4 nitrogen and oxygen atoms in total. The molecule has 0 aromatic heterocycles. The summed E-state index contributed by atoms with van der Waals surface area (Å²) in [5.41, 5.74) is 1.00. The predicted octanol–water partition coefficient (Wildman–Crippen LogP) is 2.04. The minimum Gasteiger partial charge on any atom is -0.369 e. The van der Waals surface area contributed by atoms with E-state index in [1.807, 2.05) is 0 Å². The van der Waals surface area contributed by atoms with E-state index in [0.29, 0.717) is 10.8 Å². The van der Waals surface area contributed by atoms with Crippen molar-refractivity contribution in [2.24, 2.45) is 10.8 Å². The van der Waals surface area contributed by atoms with Gasteiger partial charge in [0.05, 0.1) is 0 Å². The zero-order valence-corrected chi connectivity index (χ0v) is 11.3. The highest BCUT2D eigenvalue weighted by atomic mass is 16.8. The fraction of sp³-hybridized carbons (Fsp3) is 1.00. The molecular weight excluding hydrogens is 208 g/mol. The van der Waals surface area contributed by atoms with Crippen LogP contribution in [0.5, 0.6) is 0 Å². The van der Waals surface area contributed by atoms with E-state index >= 15 is 0 Å². The van der Waals surface area contributed by atoms with Gasteiger partial charge in [0.15, 0.2) is 0 Å². The van der Waals surface area contributed by atoms with Crippen molar-refractivity contribution < 1.29 is 20.4 Å². The summed E-state index contributed by atoms with van der Waals surface area (Å²) in [6.07, 6.45) is -3.25. The summed E-state index contributed by atoms with van der Waals surface area (Å²) in [7, 11) is 0. The Morgan fingerprint density at radius 3 is 0.625 bits per heavy atom. The predicted molar refractivity (Wildman–Crippen MR) is 70.0 cm³/mol. The standard InChI is InChI=1S/2C5H12.CH4O4.CH4/c2*1-5(2,3)4;2-1(3,4)5;/h2*1-4H3;2-5H;1H4/p+1. The molecule has 0 saturated heterocycles. The molecule has 0 rings (SSSR count). The van der Waals surface area contributed by atoms with Gasteiger partial charge in [-0.25, -0.2) is 0 Å². The lowest BCUT2D eigenvalue weighted by atomic mass is 10.0. The van der Waals surface area contributed by atoms with E-state index in [2.05, 4.69) is 55.4 Å². The van der Waals surface area contributed by atoms with Crippen LogP contribution in [0.15, 0.2) is 0 Å². The van der Waals surface area contributed by atoms with E-state index in [0.717, 1.165) is 0 Å². The molecular formula is C12H33O4+. The lowest BCUT2D eigenvalue weighted by Crippen LogP contribution is -2.25. The van der Waals surface area contributed by atoms with Gasteiger partial charge in [-0.15, -0.1) is 0 Å². The Balaban J connectivity index is -0.0000000655. The molecule has 0 saturated carbocycles. The van der Waals surface area contributed by atoms with Gasteiger partial charge in [-0.2, -0.15) is 0 Å². The van der Waals surface area contributed by atoms with Crippen LogP contribution in [0.25, 0.3) is 0 Å². The van der Waals surface area contributed by atoms with Gasteiger partial charge in [0.2, 0.25) is 0 Å². The van der Waals surface area contributed by atoms with Crippen LogP contribution in [0.4, 0.5) is 0 Å². The minimum absolute atomic E-state index is 0. The number of rotatable bonds is 0. The summed E-state index contributed by atoms with van der Waals surface area (Å²) in [5, 5.41) is 27.5. The highest BCUT2D eigenvalue weighted by molar-refractivity contribution is 4.47. The summed E-state index contributed by atoms with van der Waals surface area (Å²) in [6, 6.07) is 0. The van der Waals surface area contributed by atoms with Crippen molar-refractivity contribution in [3.63, 3.8) is 0 Å². The van der Waals surface area contributed by atoms with Crippen molar-refractivity contribution in [3.05, 3.63) is 0 Å². The maximum absolute atomic E-state index is 7.30. The van der Waals surface area contributed by atoms with Crippen LogP contribution in [0.2, 0.25) is 0 Å². The Bertz CT molecular complexity index is 88.0. The Labute approximate surface area is 101 Å². The lowest BCUT2D eigenvalue weighted by Gasteiger charge is -2.05. The van der Waals surface area contributed by atoms with Crippen molar-refractivity contribution in [1.82, 2.24) is 0 Å². The van der Waals surface area contributed by atoms with E-state index in [1.54, 1.807) is 0 Å². The highest BCUT2D eigenvalue weighted by Crippen LogP contribution is 2.08. The van der Waals surface area contributed by atoms with Gasteiger partial charge in [-0.3, -0.25) is 15.3 Å². The normalized spacial score (nSPS) is 11.2. The van der Waals surface area contributed by atoms with Crippen molar-refractivity contribution in [2.45, 2.75) is 69.0 Å². The van der Waals surface area contributed by atoms with E-state index in [1.165, 1.54) is 0 Å². The molecule has 0 bridgehead atoms.